The Morgan fingerprint density at radius 3 is 3.00 bits per heavy atom. The molecule has 0 saturated carbocycles. The molecular formula is C18H17FN4O3. The molecule has 4 rings (SSSR count). The van der Waals surface area contributed by atoms with Crippen molar-refractivity contribution in [3.8, 4) is 5.75 Å². The summed E-state index contributed by atoms with van der Waals surface area (Å²) in [6.45, 7) is 0.880. The number of amides is 1. The monoisotopic (exact) mass is 356 g/mol. The van der Waals surface area contributed by atoms with Crippen LogP contribution in [0.2, 0.25) is 0 Å². The molecule has 1 saturated heterocycles. The van der Waals surface area contributed by atoms with E-state index in [4.69, 9.17) is 9.47 Å². The van der Waals surface area contributed by atoms with Gasteiger partial charge in [-0.05, 0) is 36.4 Å². The van der Waals surface area contributed by atoms with Crippen LogP contribution in [0.4, 0.5) is 4.39 Å². The molecule has 0 bridgehead atoms. The van der Waals surface area contributed by atoms with E-state index in [1.807, 2.05) is 0 Å². The molecule has 3 aromatic rings. The fourth-order valence-corrected chi connectivity index (χ4v) is 2.96. The zero-order valence-corrected chi connectivity index (χ0v) is 13.8. The van der Waals surface area contributed by atoms with Gasteiger partial charge in [-0.1, -0.05) is 0 Å². The van der Waals surface area contributed by atoms with Crippen molar-refractivity contribution in [3.05, 3.63) is 60.3 Å². The minimum Gasteiger partial charge on any atom is -0.488 e. The number of hydrogen-bond acceptors (Lipinski definition) is 5. The third-order valence-corrected chi connectivity index (χ3v) is 4.28. The van der Waals surface area contributed by atoms with E-state index in [1.165, 1.54) is 18.5 Å². The predicted octanol–water partition coefficient (Wildman–Crippen LogP) is 1.83. The first kappa shape index (κ1) is 16.5. The Morgan fingerprint density at radius 1 is 1.31 bits per heavy atom. The van der Waals surface area contributed by atoms with Crippen molar-refractivity contribution in [2.45, 2.75) is 18.6 Å². The number of pyridine rings is 1. The Hall–Kier alpha value is -3.00. The molecule has 134 valence electrons. The van der Waals surface area contributed by atoms with Crippen molar-refractivity contribution in [3.63, 3.8) is 0 Å². The summed E-state index contributed by atoms with van der Waals surface area (Å²) in [4.78, 5) is 12.7. The number of hydrogen-bond donors (Lipinski definition) is 1. The molecule has 1 fully saturated rings. The number of nitrogens with zero attached hydrogens (tertiary/aromatic N) is 3. The smallest absolute Gasteiger partial charge is 0.255 e. The summed E-state index contributed by atoms with van der Waals surface area (Å²) in [7, 11) is 0. The lowest BCUT2D eigenvalue weighted by atomic mass is 10.1. The van der Waals surface area contributed by atoms with Crippen LogP contribution in [-0.2, 0) is 4.74 Å². The van der Waals surface area contributed by atoms with E-state index < -0.39 is 0 Å². The van der Waals surface area contributed by atoms with E-state index in [1.54, 1.807) is 34.9 Å². The first-order valence-electron chi connectivity index (χ1n) is 8.30. The molecule has 8 heteroatoms. The van der Waals surface area contributed by atoms with Crippen LogP contribution in [0.25, 0.3) is 5.65 Å². The molecule has 1 aromatic carbocycles. The summed E-state index contributed by atoms with van der Waals surface area (Å²) in [5.74, 6) is -0.0421. The van der Waals surface area contributed by atoms with Gasteiger partial charge in [0, 0.05) is 12.6 Å². The van der Waals surface area contributed by atoms with Crippen molar-refractivity contribution in [1.82, 2.24) is 19.9 Å². The normalized spacial score (nSPS) is 20.0. The van der Waals surface area contributed by atoms with E-state index in [2.05, 4.69) is 15.5 Å². The molecule has 1 amide bonds. The molecule has 2 aromatic heterocycles. The van der Waals surface area contributed by atoms with Crippen molar-refractivity contribution in [2.24, 2.45) is 0 Å². The minimum atomic E-state index is -0.329. The molecule has 26 heavy (non-hydrogen) atoms. The van der Waals surface area contributed by atoms with Gasteiger partial charge in [0.05, 0.1) is 24.8 Å². The molecule has 1 aliphatic heterocycles. The number of fused-ring (bicyclic) bond motifs is 1. The Balaban J connectivity index is 1.50. The highest BCUT2D eigenvalue weighted by atomic mass is 19.1. The Morgan fingerprint density at radius 2 is 2.15 bits per heavy atom. The molecule has 7 nitrogen and oxygen atoms in total. The topological polar surface area (TPSA) is 77.8 Å². The average Bonchev–Trinajstić information content (AvgIpc) is 3.14. The van der Waals surface area contributed by atoms with Crippen molar-refractivity contribution in [1.29, 1.82) is 0 Å². The number of benzene rings is 1. The van der Waals surface area contributed by atoms with Crippen LogP contribution in [0.3, 0.4) is 0 Å². The third-order valence-electron chi connectivity index (χ3n) is 4.28. The molecule has 1 N–H and O–H groups in total. The van der Waals surface area contributed by atoms with Crippen molar-refractivity contribution in [2.75, 3.05) is 13.2 Å². The number of halogens is 1. The second kappa shape index (κ2) is 7.09. The predicted molar refractivity (Wildman–Crippen MR) is 90.5 cm³/mol. The summed E-state index contributed by atoms with van der Waals surface area (Å²) in [6.07, 6.45) is 3.67. The molecular weight excluding hydrogens is 339 g/mol. The SMILES string of the molecule is O=C(N[C@@H]1COCC[C@@H]1Oc1ccc(F)cc1)c1cccn2cnnc12. The number of carbonyl (C=O) groups excluding carboxylic acids is 1. The lowest BCUT2D eigenvalue weighted by Crippen LogP contribution is -2.51. The highest BCUT2D eigenvalue weighted by Crippen LogP contribution is 2.19. The zero-order chi connectivity index (χ0) is 17.9. The Kier molecular flexibility index (Phi) is 4.49. The molecule has 3 heterocycles. The van der Waals surface area contributed by atoms with Crippen LogP contribution in [0.15, 0.2) is 48.9 Å². The van der Waals surface area contributed by atoms with Crippen LogP contribution >= 0.6 is 0 Å². The highest BCUT2D eigenvalue weighted by Gasteiger charge is 2.30. The molecule has 2 atom stereocenters. The standard InChI is InChI=1S/C18H17FN4O3/c19-12-3-5-13(6-4-12)26-16-7-9-25-10-15(16)21-18(24)14-2-1-8-23-11-20-22-17(14)23/h1-6,8,11,15-16H,7,9-10H2,(H,21,24)/t15-,16+/m1/s1. The summed E-state index contributed by atoms with van der Waals surface area (Å²) < 4.78 is 26.2. The van der Waals surface area contributed by atoms with E-state index in [-0.39, 0.29) is 23.9 Å². The van der Waals surface area contributed by atoms with Gasteiger partial charge in [-0.2, -0.15) is 0 Å². The van der Waals surface area contributed by atoms with Crippen LogP contribution in [0.1, 0.15) is 16.8 Å². The maximum atomic E-state index is 13.1. The van der Waals surface area contributed by atoms with Gasteiger partial charge in [-0.3, -0.25) is 9.20 Å². The maximum Gasteiger partial charge on any atom is 0.255 e. The molecule has 0 unspecified atom stereocenters. The largest absolute Gasteiger partial charge is 0.488 e. The van der Waals surface area contributed by atoms with E-state index in [0.29, 0.717) is 36.6 Å². The van der Waals surface area contributed by atoms with Crippen LogP contribution in [0.5, 0.6) is 5.75 Å². The second-order valence-electron chi connectivity index (χ2n) is 6.04. The maximum absolute atomic E-state index is 13.1. The lowest BCUT2D eigenvalue weighted by Gasteiger charge is -2.32. The number of nitrogens with one attached hydrogen (secondary N) is 1. The molecule has 0 radical (unpaired) electrons. The highest BCUT2D eigenvalue weighted by molar-refractivity contribution is 5.99. The fraction of sp³-hybridized carbons (Fsp3) is 0.278. The van der Waals surface area contributed by atoms with Crippen LogP contribution in [-0.4, -0.2) is 45.9 Å². The van der Waals surface area contributed by atoms with Gasteiger partial charge in [0.25, 0.3) is 5.91 Å². The van der Waals surface area contributed by atoms with Crippen LogP contribution < -0.4 is 10.1 Å². The minimum absolute atomic E-state index is 0.268. The average molecular weight is 356 g/mol. The molecule has 0 spiro atoms. The first-order chi connectivity index (χ1) is 12.7. The van der Waals surface area contributed by atoms with E-state index in [9.17, 15) is 9.18 Å². The number of aromatic nitrogens is 3. The molecule has 0 aliphatic carbocycles. The number of ether oxygens (including phenoxy) is 2. The summed E-state index contributed by atoms with van der Waals surface area (Å²) in [5, 5.41) is 10.8. The first-order valence-corrected chi connectivity index (χ1v) is 8.30. The van der Waals surface area contributed by atoms with Crippen LogP contribution in [0, 0.1) is 5.82 Å². The summed E-state index contributed by atoms with van der Waals surface area (Å²) >= 11 is 0. The molecule has 1 aliphatic rings. The summed E-state index contributed by atoms with van der Waals surface area (Å²) in [5.41, 5.74) is 0.911. The second-order valence-corrected chi connectivity index (χ2v) is 6.04. The fourth-order valence-electron chi connectivity index (χ4n) is 2.96. The van der Waals surface area contributed by atoms with Gasteiger partial charge < -0.3 is 14.8 Å². The van der Waals surface area contributed by atoms with Gasteiger partial charge in [0.1, 0.15) is 24.0 Å². The summed E-state index contributed by atoms with van der Waals surface area (Å²) in [6, 6.07) is 8.95. The quantitative estimate of drug-likeness (QED) is 0.772. The van der Waals surface area contributed by atoms with Crippen molar-refractivity contribution >= 4 is 11.6 Å². The lowest BCUT2D eigenvalue weighted by molar-refractivity contribution is -0.00289. The number of rotatable bonds is 4. The Labute approximate surface area is 148 Å². The number of carbonyl (C=O) groups is 1. The van der Waals surface area contributed by atoms with Gasteiger partial charge >= 0.3 is 0 Å². The van der Waals surface area contributed by atoms with Gasteiger partial charge in [0.15, 0.2) is 5.65 Å². The van der Waals surface area contributed by atoms with E-state index in [0.717, 1.165) is 0 Å². The zero-order valence-electron chi connectivity index (χ0n) is 13.8. The third kappa shape index (κ3) is 3.36. The van der Waals surface area contributed by atoms with Gasteiger partial charge in [0.2, 0.25) is 0 Å². The van der Waals surface area contributed by atoms with Gasteiger partial charge in [-0.25, -0.2) is 4.39 Å². The van der Waals surface area contributed by atoms with Gasteiger partial charge in [-0.15, -0.1) is 10.2 Å². The van der Waals surface area contributed by atoms with Crippen molar-refractivity contribution < 1.29 is 18.7 Å². The Bertz CT molecular complexity index is 912. The van der Waals surface area contributed by atoms with E-state index >= 15 is 0 Å².